The number of nitrogens with one attached hydrogen (secondary N) is 1. The van der Waals surface area contributed by atoms with Crippen molar-refractivity contribution < 1.29 is 17.9 Å². The van der Waals surface area contributed by atoms with Gasteiger partial charge in [0.15, 0.2) is 0 Å². The maximum Gasteiger partial charge on any atom is 0.573 e. The molecule has 1 aliphatic heterocycles. The zero-order valence-electron chi connectivity index (χ0n) is 14.1. The smallest absolute Gasteiger partial charge is 0.406 e. The summed E-state index contributed by atoms with van der Waals surface area (Å²) in [4.78, 5) is 6.46. The molecule has 0 saturated carbocycles. The van der Waals surface area contributed by atoms with E-state index in [4.69, 9.17) is 0 Å². The van der Waals surface area contributed by atoms with E-state index in [0.29, 0.717) is 0 Å². The van der Waals surface area contributed by atoms with Crippen molar-refractivity contribution in [3.63, 3.8) is 0 Å². The van der Waals surface area contributed by atoms with Gasteiger partial charge in [-0.15, -0.1) is 38.0 Å². The van der Waals surface area contributed by atoms with Crippen LogP contribution in [0.1, 0.15) is 17.2 Å². The molecular weight excluding hydrogens is 470 g/mol. The minimum Gasteiger partial charge on any atom is -0.406 e. The second-order valence-electron chi connectivity index (χ2n) is 5.72. The molecule has 2 heterocycles. The number of nitrogens with zero attached hydrogens (tertiary/aromatic N) is 2. The Balaban J connectivity index is 0.00000182. The number of rotatable bonds is 4. The van der Waals surface area contributed by atoms with Crippen LogP contribution in [0.5, 0.6) is 5.75 Å². The molecule has 1 aromatic heterocycles. The molecule has 150 valence electrons. The van der Waals surface area contributed by atoms with Gasteiger partial charge in [0, 0.05) is 32.4 Å². The molecule has 10 heteroatoms. The summed E-state index contributed by atoms with van der Waals surface area (Å²) < 4.78 is 41.7. The Morgan fingerprint density at radius 2 is 1.67 bits per heavy atom. The molecule has 3 rings (SSSR count). The maximum absolute atomic E-state index is 12.4. The van der Waals surface area contributed by atoms with Gasteiger partial charge in [0.25, 0.3) is 0 Å². The predicted octanol–water partition coefficient (Wildman–Crippen LogP) is 4.58. The molecule has 0 aliphatic carbocycles. The Morgan fingerprint density at radius 1 is 1.04 bits per heavy atom. The number of halogens is 6. The van der Waals surface area contributed by atoms with Crippen LogP contribution >= 0.6 is 40.7 Å². The van der Waals surface area contributed by atoms with E-state index in [1.807, 2.05) is 12.1 Å². The van der Waals surface area contributed by atoms with Crippen LogP contribution in [-0.2, 0) is 0 Å². The van der Waals surface area contributed by atoms with E-state index < -0.39 is 6.36 Å². The van der Waals surface area contributed by atoms with E-state index in [-0.39, 0.29) is 36.6 Å². The Kier molecular flexibility index (Phi) is 9.30. The number of benzene rings is 1. The number of pyridine rings is 1. The standard InChI is InChI=1S/C17H17BrF3N3O.2ClH/c18-15-11-13(5-6-23-15)16(24-9-7-22-8-10-24)12-1-3-14(4-2-12)25-17(19,20)21;;/h1-6,11,16,22H,7-10H2;2*1H/t16-;;/m1../s1. The molecule has 2 aromatic rings. The minimum absolute atomic E-state index is 0. The molecule has 0 unspecified atom stereocenters. The molecule has 1 N–H and O–H groups in total. The normalized spacial score (nSPS) is 16.0. The van der Waals surface area contributed by atoms with Gasteiger partial charge in [-0.1, -0.05) is 12.1 Å². The number of alkyl halides is 3. The third-order valence-electron chi connectivity index (χ3n) is 4.01. The SMILES string of the molecule is Cl.Cl.FC(F)(F)Oc1ccc([C@H](c2ccnc(Br)c2)N2CCNCC2)cc1. The molecule has 1 aliphatic rings. The second kappa shape index (κ2) is 10.5. The Labute approximate surface area is 176 Å². The monoisotopic (exact) mass is 487 g/mol. The number of piperazine rings is 1. The fourth-order valence-electron chi connectivity index (χ4n) is 2.99. The molecular formula is C17H19BrCl2F3N3O. The lowest BCUT2D eigenvalue weighted by Crippen LogP contribution is -2.45. The second-order valence-corrected chi connectivity index (χ2v) is 6.53. The molecule has 1 saturated heterocycles. The van der Waals surface area contributed by atoms with Crippen LogP contribution in [0.15, 0.2) is 47.2 Å². The highest BCUT2D eigenvalue weighted by Gasteiger charge is 2.31. The highest BCUT2D eigenvalue weighted by molar-refractivity contribution is 9.10. The van der Waals surface area contributed by atoms with Gasteiger partial charge in [0.1, 0.15) is 10.4 Å². The number of aromatic nitrogens is 1. The lowest BCUT2D eigenvalue weighted by atomic mass is 9.97. The summed E-state index contributed by atoms with van der Waals surface area (Å²) in [7, 11) is 0. The summed E-state index contributed by atoms with van der Waals surface area (Å²) in [5, 5.41) is 3.31. The molecule has 0 spiro atoms. The number of ether oxygens (including phenoxy) is 1. The van der Waals surface area contributed by atoms with E-state index in [0.717, 1.165) is 41.9 Å². The molecule has 1 aromatic carbocycles. The summed E-state index contributed by atoms with van der Waals surface area (Å²) in [6.07, 6.45) is -2.97. The van der Waals surface area contributed by atoms with Crippen molar-refractivity contribution >= 4 is 40.7 Å². The largest absolute Gasteiger partial charge is 0.573 e. The minimum atomic E-state index is -4.69. The number of hydrogen-bond donors (Lipinski definition) is 1. The average Bonchev–Trinajstić information content (AvgIpc) is 2.56. The summed E-state index contributed by atoms with van der Waals surface area (Å²) in [5.41, 5.74) is 1.95. The summed E-state index contributed by atoms with van der Waals surface area (Å²) in [5.74, 6) is -0.216. The number of hydrogen-bond acceptors (Lipinski definition) is 4. The molecule has 0 radical (unpaired) electrons. The fourth-order valence-corrected chi connectivity index (χ4v) is 3.38. The first kappa shape index (κ1) is 24.0. The zero-order chi connectivity index (χ0) is 17.9. The van der Waals surface area contributed by atoms with Crippen molar-refractivity contribution in [1.82, 2.24) is 15.2 Å². The van der Waals surface area contributed by atoms with Crippen molar-refractivity contribution in [2.75, 3.05) is 26.2 Å². The van der Waals surface area contributed by atoms with Crippen LogP contribution in [0, 0.1) is 0 Å². The van der Waals surface area contributed by atoms with Crippen molar-refractivity contribution in [1.29, 1.82) is 0 Å². The van der Waals surface area contributed by atoms with E-state index in [9.17, 15) is 13.2 Å². The quantitative estimate of drug-likeness (QED) is 0.639. The van der Waals surface area contributed by atoms with Crippen LogP contribution in [0.3, 0.4) is 0 Å². The topological polar surface area (TPSA) is 37.4 Å². The Bertz CT molecular complexity index is 713. The lowest BCUT2D eigenvalue weighted by molar-refractivity contribution is -0.274. The summed E-state index contributed by atoms with van der Waals surface area (Å²) in [6.45, 7) is 3.45. The molecule has 27 heavy (non-hydrogen) atoms. The fraction of sp³-hybridized carbons (Fsp3) is 0.353. The van der Waals surface area contributed by atoms with Gasteiger partial charge in [0.2, 0.25) is 0 Å². The Morgan fingerprint density at radius 3 is 2.22 bits per heavy atom. The van der Waals surface area contributed by atoms with E-state index >= 15 is 0 Å². The van der Waals surface area contributed by atoms with Crippen LogP contribution in [0.2, 0.25) is 0 Å². The van der Waals surface area contributed by atoms with Crippen LogP contribution < -0.4 is 10.1 Å². The van der Waals surface area contributed by atoms with Crippen LogP contribution in [0.25, 0.3) is 0 Å². The van der Waals surface area contributed by atoms with Gasteiger partial charge in [0.05, 0.1) is 6.04 Å². The highest BCUT2D eigenvalue weighted by atomic mass is 79.9. The van der Waals surface area contributed by atoms with Gasteiger partial charge in [-0.05, 0) is 51.3 Å². The highest BCUT2D eigenvalue weighted by Crippen LogP contribution is 2.32. The maximum atomic E-state index is 12.4. The Hall–Kier alpha value is -1.06. The summed E-state index contributed by atoms with van der Waals surface area (Å²) in [6, 6.07) is 9.89. The van der Waals surface area contributed by atoms with Crippen LogP contribution in [0.4, 0.5) is 13.2 Å². The third kappa shape index (κ3) is 6.80. The van der Waals surface area contributed by atoms with E-state index in [1.165, 1.54) is 12.1 Å². The van der Waals surface area contributed by atoms with E-state index in [2.05, 4.69) is 35.9 Å². The molecule has 0 amide bonds. The van der Waals surface area contributed by atoms with Gasteiger partial charge in [-0.3, -0.25) is 4.90 Å². The first-order valence-electron chi connectivity index (χ1n) is 7.84. The molecule has 1 fully saturated rings. The van der Waals surface area contributed by atoms with E-state index in [1.54, 1.807) is 18.3 Å². The van der Waals surface area contributed by atoms with Crippen molar-refractivity contribution in [3.8, 4) is 5.75 Å². The first-order valence-corrected chi connectivity index (χ1v) is 8.63. The third-order valence-corrected chi connectivity index (χ3v) is 4.45. The van der Waals surface area contributed by atoms with Gasteiger partial charge >= 0.3 is 6.36 Å². The van der Waals surface area contributed by atoms with Crippen molar-refractivity contribution in [3.05, 3.63) is 58.3 Å². The zero-order valence-corrected chi connectivity index (χ0v) is 17.3. The molecule has 4 nitrogen and oxygen atoms in total. The molecule has 0 bridgehead atoms. The van der Waals surface area contributed by atoms with Crippen molar-refractivity contribution in [2.45, 2.75) is 12.4 Å². The average molecular weight is 489 g/mol. The summed E-state index contributed by atoms with van der Waals surface area (Å²) >= 11 is 3.38. The van der Waals surface area contributed by atoms with Crippen LogP contribution in [-0.4, -0.2) is 42.4 Å². The van der Waals surface area contributed by atoms with Gasteiger partial charge < -0.3 is 10.1 Å². The molecule has 1 atom stereocenters. The lowest BCUT2D eigenvalue weighted by Gasteiger charge is -2.35. The first-order chi connectivity index (χ1) is 11.9. The van der Waals surface area contributed by atoms with Gasteiger partial charge in [-0.25, -0.2) is 4.98 Å². The van der Waals surface area contributed by atoms with Crippen molar-refractivity contribution in [2.24, 2.45) is 0 Å². The predicted molar refractivity (Wildman–Crippen MR) is 106 cm³/mol. The van der Waals surface area contributed by atoms with Gasteiger partial charge in [-0.2, -0.15) is 0 Å².